The van der Waals surface area contributed by atoms with Crippen LogP contribution in [0.4, 0.5) is 0 Å². The van der Waals surface area contributed by atoms with Crippen molar-refractivity contribution in [1.29, 1.82) is 5.26 Å². The molecule has 0 unspecified atom stereocenters. The van der Waals surface area contributed by atoms with Crippen LogP contribution in [0, 0.1) is 11.3 Å². The van der Waals surface area contributed by atoms with Crippen LogP contribution in [0.25, 0.3) is 88.3 Å². The van der Waals surface area contributed by atoms with Gasteiger partial charge in [0.05, 0.1) is 11.6 Å². The van der Waals surface area contributed by atoms with Crippen LogP contribution in [0.2, 0.25) is 0 Å². The number of fused-ring (bicyclic) bond motifs is 4. The molecule has 0 saturated heterocycles. The molecule has 1 aliphatic carbocycles. The topological polar surface area (TPSA) is 23.8 Å². The smallest absolute Gasteiger partial charge is 0.0992 e. The summed E-state index contributed by atoms with van der Waals surface area (Å²) < 4.78 is 0. The minimum Gasteiger partial charge on any atom is -0.192 e. The molecule has 46 heavy (non-hydrogen) atoms. The molecule has 0 radical (unpaired) electrons. The first-order chi connectivity index (χ1) is 22.8. The fourth-order valence-electron chi connectivity index (χ4n) is 7.51. The summed E-state index contributed by atoms with van der Waals surface area (Å²) in [6, 6.07) is 60.8. The highest BCUT2D eigenvalue weighted by Crippen LogP contribution is 2.58. The molecule has 212 valence electrons. The van der Waals surface area contributed by atoms with Crippen molar-refractivity contribution in [2.24, 2.45) is 0 Å². The third kappa shape index (κ3) is 3.95. The normalized spacial score (nSPS) is 11.5. The highest BCUT2D eigenvalue weighted by molar-refractivity contribution is 6.28. The van der Waals surface area contributed by atoms with Gasteiger partial charge in [0.25, 0.3) is 0 Å². The molecule has 1 aliphatic rings. The number of hydrogen-bond donors (Lipinski definition) is 0. The predicted molar refractivity (Wildman–Crippen MR) is 192 cm³/mol. The fourth-order valence-corrected chi connectivity index (χ4v) is 7.51. The maximum atomic E-state index is 10.0. The molecular weight excluding hydrogens is 555 g/mol. The molecule has 0 saturated carbocycles. The third-order valence-corrected chi connectivity index (χ3v) is 9.40. The van der Waals surface area contributed by atoms with Crippen LogP contribution in [0.1, 0.15) is 5.56 Å². The van der Waals surface area contributed by atoms with E-state index < -0.39 is 0 Å². The van der Waals surface area contributed by atoms with E-state index in [-0.39, 0.29) is 0 Å². The van der Waals surface area contributed by atoms with Crippen molar-refractivity contribution in [3.05, 3.63) is 169 Å². The van der Waals surface area contributed by atoms with Gasteiger partial charge >= 0.3 is 0 Å². The van der Waals surface area contributed by atoms with E-state index >= 15 is 0 Å². The van der Waals surface area contributed by atoms with Gasteiger partial charge in [0, 0.05) is 0 Å². The lowest BCUT2D eigenvalue weighted by molar-refractivity contribution is 1.48. The van der Waals surface area contributed by atoms with Crippen LogP contribution in [0.15, 0.2) is 164 Å². The zero-order valence-corrected chi connectivity index (χ0v) is 25.0. The summed E-state index contributed by atoms with van der Waals surface area (Å²) in [5.41, 5.74) is 15.1. The first kappa shape index (κ1) is 26.2. The second kappa shape index (κ2) is 10.4. The SMILES string of the molecule is N#Cc1cc(-c2ccccc2)cc(-c2ccc3c4c(cccc24)-c2c-3c(-c3ccccc3)c3ccccc3c2-c2ccccc2)c1. The molecule has 0 aromatic heterocycles. The van der Waals surface area contributed by atoms with E-state index in [2.05, 4.69) is 140 Å². The lowest BCUT2D eigenvalue weighted by atomic mass is 9.82. The fraction of sp³-hybridized carbons (Fsp3) is 0. The molecule has 0 atom stereocenters. The molecule has 9 rings (SSSR count). The average molecular weight is 582 g/mol. The van der Waals surface area contributed by atoms with E-state index in [1.165, 1.54) is 66.1 Å². The molecule has 0 spiro atoms. The summed E-state index contributed by atoms with van der Waals surface area (Å²) >= 11 is 0. The molecule has 1 nitrogen and oxygen atoms in total. The zero-order chi connectivity index (χ0) is 30.6. The first-order valence-corrected chi connectivity index (χ1v) is 15.7. The second-order valence-corrected chi connectivity index (χ2v) is 11.9. The lowest BCUT2D eigenvalue weighted by Gasteiger charge is -2.20. The number of nitrogens with zero attached hydrogens (tertiary/aromatic N) is 1. The lowest BCUT2D eigenvalue weighted by Crippen LogP contribution is -1.93. The average Bonchev–Trinajstić information content (AvgIpc) is 3.46. The van der Waals surface area contributed by atoms with Crippen molar-refractivity contribution in [2.45, 2.75) is 0 Å². The molecule has 0 heterocycles. The Kier molecular flexibility index (Phi) is 5.95. The Balaban J connectivity index is 1.40. The van der Waals surface area contributed by atoms with Crippen LogP contribution in [-0.4, -0.2) is 0 Å². The number of rotatable bonds is 4. The summed E-state index contributed by atoms with van der Waals surface area (Å²) in [6.45, 7) is 0. The third-order valence-electron chi connectivity index (χ3n) is 9.40. The van der Waals surface area contributed by atoms with Gasteiger partial charge in [0.2, 0.25) is 0 Å². The van der Waals surface area contributed by atoms with E-state index in [9.17, 15) is 5.26 Å². The molecular formula is C45H27N. The Morgan fingerprint density at radius 3 is 1.39 bits per heavy atom. The molecule has 0 N–H and O–H groups in total. The van der Waals surface area contributed by atoms with Gasteiger partial charge in [-0.15, -0.1) is 0 Å². The molecule has 1 heteroatoms. The first-order valence-electron chi connectivity index (χ1n) is 15.7. The van der Waals surface area contributed by atoms with Crippen LogP contribution in [0.5, 0.6) is 0 Å². The molecule has 8 aromatic rings. The van der Waals surface area contributed by atoms with E-state index in [0.29, 0.717) is 5.56 Å². The van der Waals surface area contributed by atoms with Gasteiger partial charge in [-0.25, -0.2) is 0 Å². The maximum absolute atomic E-state index is 10.0. The Labute approximate surface area is 268 Å². The Morgan fingerprint density at radius 2 is 0.804 bits per heavy atom. The van der Waals surface area contributed by atoms with Crippen molar-refractivity contribution < 1.29 is 0 Å². The minimum atomic E-state index is 0.659. The van der Waals surface area contributed by atoms with E-state index in [1.807, 2.05) is 30.3 Å². The summed E-state index contributed by atoms with van der Waals surface area (Å²) in [5.74, 6) is 0. The van der Waals surface area contributed by atoms with Gasteiger partial charge in [-0.3, -0.25) is 0 Å². The van der Waals surface area contributed by atoms with E-state index in [1.54, 1.807) is 0 Å². The summed E-state index contributed by atoms with van der Waals surface area (Å²) in [7, 11) is 0. The Morgan fingerprint density at radius 1 is 0.326 bits per heavy atom. The highest BCUT2D eigenvalue weighted by atomic mass is 14.3. The van der Waals surface area contributed by atoms with Crippen LogP contribution < -0.4 is 0 Å². The molecule has 0 aliphatic heterocycles. The van der Waals surface area contributed by atoms with Gasteiger partial charge in [0.15, 0.2) is 0 Å². The summed E-state index contributed by atoms with van der Waals surface area (Å²) in [4.78, 5) is 0. The standard InChI is InChI=1S/C45H27N/c46-28-29-25-33(30-13-4-1-5-14-30)27-34(26-29)35-23-24-40-43-36(35)21-12-22-39(43)44-41(31-15-6-2-7-16-31)37-19-10-11-20-38(37)42(45(40)44)32-17-8-3-9-18-32/h1-27H. The minimum absolute atomic E-state index is 0.659. The quantitative estimate of drug-likeness (QED) is 0.203. The Hall–Kier alpha value is -6.23. The van der Waals surface area contributed by atoms with Gasteiger partial charge in [-0.05, 0) is 107 Å². The van der Waals surface area contributed by atoms with Crippen molar-refractivity contribution in [3.8, 4) is 72.8 Å². The van der Waals surface area contributed by atoms with Crippen LogP contribution in [-0.2, 0) is 0 Å². The number of hydrogen-bond acceptors (Lipinski definition) is 1. The van der Waals surface area contributed by atoms with Crippen molar-refractivity contribution in [3.63, 3.8) is 0 Å². The molecule has 0 bridgehead atoms. The van der Waals surface area contributed by atoms with Gasteiger partial charge in [0.1, 0.15) is 0 Å². The van der Waals surface area contributed by atoms with Gasteiger partial charge < -0.3 is 0 Å². The molecule has 0 amide bonds. The largest absolute Gasteiger partial charge is 0.192 e. The van der Waals surface area contributed by atoms with E-state index in [0.717, 1.165) is 22.3 Å². The predicted octanol–water partition coefficient (Wildman–Crippen LogP) is 12.2. The van der Waals surface area contributed by atoms with Crippen molar-refractivity contribution >= 4 is 21.5 Å². The maximum Gasteiger partial charge on any atom is 0.0992 e. The van der Waals surface area contributed by atoms with Crippen LogP contribution >= 0.6 is 0 Å². The monoisotopic (exact) mass is 581 g/mol. The van der Waals surface area contributed by atoms with Crippen molar-refractivity contribution in [2.75, 3.05) is 0 Å². The van der Waals surface area contributed by atoms with Crippen molar-refractivity contribution in [1.82, 2.24) is 0 Å². The summed E-state index contributed by atoms with van der Waals surface area (Å²) in [6.07, 6.45) is 0. The highest BCUT2D eigenvalue weighted by Gasteiger charge is 2.31. The second-order valence-electron chi connectivity index (χ2n) is 11.9. The van der Waals surface area contributed by atoms with Gasteiger partial charge in [-0.2, -0.15) is 5.26 Å². The van der Waals surface area contributed by atoms with E-state index in [4.69, 9.17) is 0 Å². The van der Waals surface area contributed by atoms with Gasteiger partial charge in [-0.1, -0.05) is 146 Å². The van der Waals surface area contributed by atoms with Crippen LogP contribution in [0.3, 0.4) is 0 Å². The number of benzene rings is 8. The molecule has 0 fully saturated rings. The zero-order valence-electron chi connectivity index (χ0n) is 25.0. The number of nitriles is 1. The summed E-state index contributed by atoms with van der Waals surface area (Å²) in [5, 5.41) is 15.0. The Bertz CT molecular complexity index is 2410. The molecule has 8 aromatic carbocycles.